The highest BCUT2D eigenvalue weighted by molar-refractivity contribution is 6.34. The van der Waals surface area contributed by atoms with Crippen molar-refractivity contribution in [3.8, 4) is 5.75 Å². The van der Waals surface area contributed by atoms with Gasteiger partial charge in [0, 0.05) is 37.4 Å². The van der Waals surface area contributed by atoms with Crippen LogP contribution in [0.4, 0.5) is 18.9 Å². The Hall–Kier alpha value is -2.98. The molecular weight excluding hydrogens is 535 g/mol. The summed E-state index contributed by atoms with van der Waals surface area (Å²) in [4.78, 5) is 26.8. The number of benzene rings is 2. The van der Waals surface area contributed by atoms with E-state index in [-0.39, 0.29) is 11.7 Å². The van der Waals surface area contributed by atoms with E-state index in [2.05, 4.69) is 15.5 Å². The fourth-order valence-corrected chi connectivity index (χ4v) is 5.79. The van der Waals surface area contributed by atoms with E-state index in [1.807, 2.05) is 6.07 Å². The van der Waals surface area contributed by atoms with E-state index >= 15 is 0 Å². The van der Waals surface area contributed by atoms with Gasteiger partial charge in [-0.3, -0.25) is 9.59 Å². The molecule has 0 radical (unpaired) electrons. The number of hydrogen-bond acceptors (Lipinski definition) is 5. The Bertz CT molecular complexity index is 1200. The molecule has 0 bridgehead atoms. The number of amides is 2. The van der Waals surface area contributed by atoms with Gasteiger partial charge in [0.05, 0.1) is 17.7 Å². The predicted octanol–water partition coefficient (Wildman–Crippen LogP) is 4.66. The number of piperidine rings is 1. The summed E-state index contributed by atoms with van der Waals surface area (Å²) in [6.45, 7) is 1.68. The van der Waals surface area contributed by atoms with Gasteiger partial charge in [-0.2, -0.15) is 13.2 Å². The summed E-state index contributed by atoms with van der Waals surface area (Å²) in [5.74, 6) is -0.803. The third kappa shape index (κ3) is 6.11. The molecule has 2 aromatic rings. The summed E-state index contributed by atoms with van der Waals surface area (Å²) < 4.78 is 46.7. The van der Waals surface area contributed by atoms with E-state index in [0.29, 0.717) is 35.3 Å². The van der Waals surface area contributed by atoms with Crippen LogP contribution in [0.5, 0.6) is 5.75 Å². The van der Waals surface area contributed by atoms with Crippen molar-refractivity contribution in [2.24, 2.45) is 11.8 Å². The number of carbonyl (C=O) groups is 2. The van der Waals surface area contributed by atoms with Gasteiger partial charge in [0.25, 0.3) is 17.4 Å². The first-order valence-corrected chi connectivity index (χ1v) is 13.3. The van der Waals surface area contributed by atoms with E-state index in [1.165, 1.54) is 19.2 Å². The van der Waals surface area contributed by atoms with E-state index in [0.717, 1.165) is 50.2 Å². The zero-order chi connectivity index (χ0) is 28.4. The third-order valence-corrected chi connectivity index (χ3v) is 8.18. The molecule has 212 valence electrons. The topological polar surface area (TPSA) is 90.9 Å². The first kappa shape index (κ1) is 29.0. The van der Waals surface area contributed by atoms with E-state index < -0.39 is 29.3 Å². The van der Waals surface area contributed by atoms with E-state index in [9.17, 15) is 27.9 Å². The van der Waals surface area contributed by atoms with Crippen molar-refractivity contribution >= 4 is 29.1 Å². The number of halogens is 4. The lowest BCUT2D eigenvalue weighted by molar-refractivity contribution is -0.257. The van der Waals surface area contributed by atoms with Crippen molar-refractivity contribution in [3.63, 3.8) is 0 Å². The number of ether oxygens (including phenoxy) is 1. The number of hydrogen-bond donors (Lipinski definition) is 3. The van der Waals surface area contributed by atoms with Crippen LogP contribution < -0.4 is 20.3 Å². The summed E-state index contributed by atoms with van der Waals surface area (Å²) in [6, 6.07) is 9.84. The molecule has 0 aromatic heterocycles. The summed E-state index contributed by atoms with van der Waals surface area (Å²) >= 11 is 6.30. The minimum Gasteiger partial charge on any atom is -0.497 e. The minimum absolute atomic E-state index is 0.113. The van der Waals surface area contributed by atoms with Crippen LogP contribution in [0.15, 0.2) is 42.5 Å². The molecule has 4 rings (SSSR count). The number of methoxy groups -OCH3 is 1. The maximum absolute atomic E-state index is 13.9. The molecule has 1 atom stereocenters. The quantitative estimate of drug-likeness (QED) is 0.432. The van der Waals surface area contributed by atoms with Crippen LogP contribution in [0.25, 0.3) is 0 Å². The lowest BCUT2D eigenvalue weighted by atomic mass is 9.73. The van der Waals surface area contributed by atoms with Gasteiger partial charge in [-0.15, -0.1) is 0 Å². The Morgan fingerprint density at radius 3 is 2.38 bits per heavy atom. The summed E-state index contributed by atoms with van der Waals surface area (Å²) in [5, 5.41) is 16.0. The number of carbonyl (C=O) groups excluding carboxylic acids is 2. The molecule has 1 aliphatic heterocycles. The standard InChI is InChI=1S/C28H33ClF3N3O4/c1-33-25(36)23-7-6-21(16-24(23)29)35-10-8-17(9-11-35)12-18-13-20(14-18)34-26(37)27(38,28(30,31)32)19-4-3-5-22(15-19)39-2/h3-7,15-18,20,38H,8-14H2,1-2H3,(H,33,36)(H,34,37). The Kier molecular flexibility index (Phi) is 8.66. The van der Waals surface area contributed by atoms with Gasteiger partial charge < -0.3 is 25.4 Å². The molecule has 2 aliphatic rings. The van der Waals surface area contributed by atoms with E-state index in [4.69, 9.17) is 16.3 Å². The van der Waals surface area contributed by atoms with Crippen LogP contribution in [0.1, 0.15) is 48.0 Å². The second-order valence-electron chi connectivity index (χ2n) is 10.4. The van der Waals surface area contributed by atoms with Crippen LogP contribution in [0.2, 0.25) is 5.02 Å². The predicted molar refractivity (Wildman–Crippen MR) is 142 cm³/mol. The largest absolute Gasteiger partial charge is 0.497 e. The minimum atomic E-state index is -5.20. The molecule has 1 saturated heterocycles. The SMILES string of the molecule is CNC(=O)c1ccc(N2CCC(CC3CC(NC(=O)C(O)(c4cccc(OC)c4)C(F)(F)F)C3)CC2)cc1Cl. The number of aliphatic hydroxyl groups is 1. The lowest BCUT2D eigenvalue weighted by Crippen LogP contribution is -2.58. The van der Waals surface area contributed by atoms with Gasteiger partial charge in [0.1, 0.15) is 5.75 Å². The smallest absolute Gasteiger partial charge is 0.430 e. The maximum Gasteiger partial charge on any atom is 0.430 e. The van der Waals surface area contributed by atoms with Gasteiger partial charge in [-0.25, -0.2) is 0 Å². The number of anilines is 1. The zero-order valence-electron chi connectivity index (χ0n) is 21.9. The van der Waals surface area contributed by atoms with Crippen LogP contribution >= 0.6 is 11.6 Å². The molecule has 2 amide bonds. The second kappa shape index (κ2) is 11.6. The van der Waals surface area contributed by atoms with Crippen LogP contribution in [0, 0.1) is 11.8 Å². The molecule has 11 heteroatoms. The molecule has 1 saturated carbocycles. The Morgan fingerprint density at radius 2 is 1.79 bits per heavy atom. The molecule has 1 aliphatic carbocycles. The van der Waals surface area contributed by atoms with E-state index in [1.54, 1.807) is 19.2 Å². The highest BCUT2D eigenvalue weighted by atomic mass is 35.5. The molecule has 3 N–H and O–H groups in total. The van der Waals surface area contributed by atoms with Gasteiger partial charge >= 0.3 is 6.18 Å². The number of nitrogens with zero attached hydrogens (tertiary/aromatic N) is 1. The monoisotopic (exact) mass is 567 g/mol. The Labute approximate surface area is 230 Å². The highest BCUT2D eigenvalue weighted by Gasteiger charge is 2.61. The second-order valence-corrected chi connectivity index (χ2v) is 10.8. The van der Waals surface area contributed by atoms with Crippen molar-refractivity contribution in [3.05, 3.63) is 58.6 Å². The van der Waals surface area contributed by atoms with Crippen molar-refractivity contribution in [1.29, 1.82) is 0 Å². The van der Waals surface area contributed by atoms with Crippen LogP contribution in [-0.2, 0) is 10.4 Å². The normalized spacial score (nSPS) is 21.5. The lowest BCUT2D eigenvalue weighted by Gasteiger charge is -2.41. The fourth-order valence-electron chi connectivity index (χ4n) is 5.53. The zero-order valence-corrected chi connectivity index (χ0v) is 22.6. The molecule has 2 fully saturated rings. The summed E-state index contributed by atoms with van der Waals surface area (Å²) in [6.07, 6.45) is -1.18. The fraction of sp³-hybridized carbons (Fsp3) is 0.500. The summed E-state index contributed by atoms with van der Waals surface area (Å²) in [5.41, 5.74) is -2.85. The first-order valence-electron chi connectivity index (χ1n) is 13.0. The molecule has 1 heterocycles. The average Bonchev–Trinajstić information content (AvgIpc) is 2.90. The molecule has 2 aromatic carbocycles. The Morgan fingerprint density at radius 1 is 1.10 bits per heavy atom. The van der Waals surface area contributed by atoms with Gasteiger partial charge in [-0.1, -0.05) is 23.7 Å². The summed E-state index contributed by atoms with van der Waals surface area (Å²) in [7, 11) is 2.85. The van der Waals surface area contributed by atoms with Gasteiger partial charge in [-0.05, 0) is 74.3 Å². The number of alkyl halides is 3. The molecule has 0 spiro atoms. The molecule has 39 heavy (non-hydrogen) atoms. The van der Waals surface area contributed by atoms with Crippen LogP contribution in [-0.4, -0.2) is 56.4 Å². The maximum atomic E-state index is 13.9. The molecular formula is C28H33ClF3N3O4. The van der Waals surface area contributed by atoms with Crippen LogP contribution in [0.3, 0.4) is 0 Å². The van der Waals surface area contributed by atoms with Crippen molar-refractivity contribution < 1.29 is 32.6 Å². The van der Waals surface area contributed by atoms with Gasteiger partial charge in [0.2, 0.25) is 0 Å². The van der Waals surface area contributed by atoms with Crippen molar-refractivity contribution in [1.82, 2.24) is 10.6 Å². The van der Waals surface area contributed by atoms with Gasteiger partial charge in [0.15, 0.2) is 0 Å². The molecule has 1 unspecified atom stereocenters. The third-order valence-electron chi connectivity index (χ3n) is 7.87. The first-order chi connectivity index (χ1) is 18.5. The highest BCUT2D eigenvalue weighted by Crippen LogP contribution is 2.42. The Balaban J connectivity index is 1.27. The van der Waals surface area contributed by atoms with Crippen molar-refractivity contribution in [2.75, 3.05) is 32.1 Å². The number of nitrogens with one attached hydrogen (secondary N) is 2. The number of rotatable bonds is 8. The average molecular weight is 568 g/mol. The van der Waals surface area contributed by atoms with Crippen molar-refractivity contribution in [2.45, 2.75) is 49.9 Å². The molecule has 7 nitrogen and oxygen atoms in total.